The van der Waals surface area contributed by atoms with Crippen LogP contribution in [0.15, 0.2) is 35.2 Å². The van der Waals surface area contributed by atoms with Crippen molar-refractivity contribution in [2.75, 3.05) is 0 Å². The first kappa shape index (κ1) is 10.6. The van der Waals surface area contributed by atoms with Crippen LogP contribution in [0.3, 0.4) is 0 Å². The molecule has 1 aromatic carbocycles. The summed E-state index contributed by atoms with van der Waals surface area (Å²) in [5.41, 5.74) is -0.350. The molecule has 1 atom stereocenters. The molecule has 1 saturated heterocycles. The fraction of sp³-hybridized carbons (Fsp3) is 0.417. The van der Waals surface area contributed by atoms with Crippen LogP contribution in [0.1, 0.15) is 20.3 Å². The molecule has 1 heterocycles. The van der Waals surface area contributed by atoms with Gasteiger partial charge in [-0.25, -0.2) is 0 Å². The summed E-state index contributed by atoms with van der Waals surface area (Å²) in [6.45, 7) is 3.94. The number of thioether (sulfide) groups is 1. The summed E-state index contributed by atoms with van der Waals surface area (Å²) in [7, 11) is 0. The van der Waals surface area contributed by atoms with E-state index in [0.717, 1.165) is 0 Å². The Bertz CT molecular complexity index is 359. The van der Waals surface area contributed by atoms with Crippen LogP contribution < -0.4 is 0 Å². The Labute approximate surface area is 94.0 Å². The van der Waals surface area contributed by atoms with Crippen molar-refractivity contribution in [3.05, 3.63) is 30.3 Å². The van der Waals surface area contributed by atoms with Crippen LogP contribution in [0.25, 0.3) is 0 Å². The summed E-state index contributed by atoms with van der Waals surface area (Å²) in [5.74, 6) is -0.0894. The first-order chi connectivity index (χ1) is 7.08. The van der Waals surface area contributed by atoms with Crippen molar-refractivity contribution in [1.82, 2.24) is 0 Å². The molecule has 0 N–H and O–H groups in total. The van der Waals surface area contributed by atoms with E-state index >= 15 is 0 Å². The molecule has 80 valence electrons. The maximum atomic E-state index is 11.2. The molecule has 3 heteroatoms. The molecule has 0 saturated carbocycles. The number of benzene rings is 1. The minimum Gasteiger partial charge on any atom is -0.458 e. The SMILES string of the molecule is CC1(C)OC(=O)CC1Sc1ccccc1. The van der Waals surface area contributed by atoms with E-state index < -0.39 is 0 Å². The molecule has 15 heavy (non-hydrogen) atoms. The number of ether oxygens (including phenoxy) is 1. The molecule has 2 nitrogen and oxygen atoms in total. The lowest BCUT2D eigenvalue weighted by atomic mass is 10.1. The van der Waals surface area contributed by atoms with Crippen molar-refractivity contribution in [1.29, 1.82) is 0 Å². The smallest absolute Gasteiger partial charge is 0.307 e. The van der Waals surface area contributed by atoms with Crippen LogP contribution in [-0.2, 0) is 9.53 Å². The number of hydrogen-bond acceptors (Lipinski definition) is 3. The maximum absolute atomic E-state index is 11.2. The Hall–Kier alpha value is -0.960. The Morgan fingerprint density at radius 2 is 2.00 bits per heavy atom. The average molecular weight is 222 g/mol. The third-order valence-electron chi connectivity index (χ3n) is 2.53. The molecule has 0 bridgehead atoms. The van der Waals surface area contributed by atoms with E-state index in [9.17, 15) is 4.79 Å². The number of carbonyl (C=O) groups is 1. The van der Waals surface area contributed by atoms with Gasteiger partial charge in [0.05, 0.1) is 11.7 Å². The van der Waals surface area contributed by atoms with Crippen LogP contribution in [0.5, 0.6) is 0 Å². The molecular formula is C12H14O2S. The number of hydrogen-bond donors (Lipinski definition) is 0. The Morgan fingerprint density at radius 3 is 2.53 bits per heavy atom. The van der Waals surface area contributed by atoms with Crippen molar-refractivity contribution in [2.24, 2.45) is 0 Å². The molecule has 0 amide bonds. The Balaban J connectivity index is 2.10. The van der Waals surface area contributed by atoms with Gasteiger partial charge >= 0.3 is 5.97 Å². The highest BCUT2D eigenvalue weighted by Gasteiger charge is 2.42. The van der Waals surface area contributed by atoms with E-state index in [4.69, 9.17) is 4.74 Å². The fourth-order valence-corrected chi connectivity index (χ4v) is 2.84. The summed E-state index contributed by atoms with van der Waals surface area (Å²) in [4.78, 5) is 12.4. The van der Waals surface area contributed by atoms with Gasteiger partial charge < -0.3 is 4.74 Å². The van der Waals surface area contributed by atoms with Gasteiger partial charge in [-0.3, -0.25) is 4.79 Å². The van der Waals surface area contributed by atoms with Gasteiger partial charge in [0.15, 0.2) is 0 Å². The van der Waals surface area contributed by atoms with E-state index in [1.165, 1.54) is 4.90 Å². The predicted octanol–water partition coefficient (Wildman–Crippen LogP) is 2.87. The molecule has 1 aliphatic rings. The van der Waals surface area contributed by atoms with Crippen molar-refractivity contribution in [3.63, 3.8) is 0 Å². The van der Waals surface area contributed by atoms with Crippen LogP contribution in [0, 0.1) is 0 Å². The van der Waals surface area contributed by atoms with Gasteiger partial charge in [-0.2, -0.15) is 0 Å². The highest BCUT2D eigenvalue weighted by Crippen LogP contribution is 2.39. The lowest BCUT2D eigenvalue weighted by Crippen LogP contribution is -2.29. The van der Waals surface area contributed by atoms with Crippen LogP contribution in [0.4, 0.5) is 0 Å². The molecule has 1 unspecified atom stereocenters. The zero-order chi connectivity index (χ0) is 10.9. The van der Waals surface area contributed by atoms with Crippen molar-refractivity contribution in [2.45, 2.75) is 36.0 Å². The molecule has 1 aliphatic heterocycles. The number of carbonyl (C=O) groups excluding carboxylic acids is 1. The normalized spacial score (nSPS) is 23.9. The van der Waals surface area contributed by atoms with E-state index in [1.807, 2.05) is 32.0 Å². The topological polar surface area (TPSA) is 26.3 Å². The zero-order valence-electron chi connectivity index (χ0n) is 8.90. The Morgan fingerprint density at radius 1 is 1.33 bits per heavy atom. The molecule has 0 spiro atoms. The van der Waals surface area contributed by atoms with E-state index in [-0.39, 0.29) is 16.8 Å². The number of rotatable bonds is 2. The maximum Gasteiger partial charge on any atom is 0.307 e. The van der Waals surface area contributed by atoms with Gasteiger partial charge in [0.2, 0.25) is 0 Å². The lowest BCUT2D eigenvalue weighted by Gasteiger charge is -2.23. The quantitative estimate of drug-likeness (QED) is 0.720. The van der Waals surface area contributed by atoms with Crippen molar-refractivity contribution in [3.8, 4) is 0 Å². The monoisotopic (exact) mass is 222 g/mol. The summed E-state index contributed by atoms with van der Waals surface area (Å²) < 4.78 is 5.27. The highest BCUT2D eigenvalue weighted by molar-refractivity contribution is 8.00. The second-order valence-electron chi connectivity index (χ2n) is 4.20. The van der Waals surface area contributed by atoms with Gasteiger partial charge in [-0.15, -0.1) is 11.8 Å². The van der Waals surface area contributed by atoms with Gasteiger partial charge in [0.1, 0.15) is 5.60 Å². The van der Waals surface area contributed by atoms with E-state index in [2.05, 4.69) is 12.1 Å². The molecule has 2 rings (SSSR count). The first-order valence-corrected chi connectivity index (χ1v) is 5.89. The summed E-state index contributed by atoms with van der Waals surface area (Å²) in [5, 5.41) is 0.215. The lowest BCUT2D eigenvalue weighted by molar-refractivity contribution is -0.145. The van der Waals surface area contributed by atoms with Gasteiger partial charge in [-0.05, 0) is 26.0 Å². The van der Waals surface area contributed by atoms with Crippen LogP contribution >= 0.6 is 11.8 Å². The van der Waals surface area contributed by atoms with E-state index in [0.29, 0.717) is 6.42 Å². The highest BCUT2D eigenvalue weighted by atomic mass is 32.2. The fourth-order valence-electron chi connectivity index (χ4n) is 1.64. The largest absolute Gasteiger partial charge is 0.458 e. The molecule has 1 aromatic rings. The van der Waals surface area contributed by atoms with Crippen molar-refractivity contribution >= 4 is 17.7 Å². The summed E-state index contributed by atoms with van der Waals surface area (Å²) >= 11 is 1.72. The van der Waals surface area contributed by atoms with Gasteiger partial charge in [0, 0.05) is 4.90 Å². The third-order valence-corrected chi connectivity index (χ3v) is 4.09. The number of esters is 1. The molecule has 0 aliphatic carbocycles. The minimum absolute atomic E-state index is 0.0894. The molecule has 0 aromatic heterocycles. The predicted molar refractivity (Wildman–Crippen MR) is 60.9 cm³/mol. The molecular weight excluding hydrogens is 208 g/mol. The molecule has 0 radical (unpaired) electrons. The Kier molecular flexibility index (Phi) is 2.74. The summed E-state index contributed by atoms with van der Waals surface area (Å²) in [6, 6.07) is 10.1. The van der Waals surface area contributed by atoms with E-state index in [1.54, 1.807) is 11.8 Å². The second kappa shape index (κ2) is 3.89. The average Bonchev–Trinajstić information content (AvgIpc) is 2.41. The molecule has 1 fully saturated rings. The standard InChI is InChI=1S/C12H14O2S/c1-12(2)10(8-11(13)14-12)15-9-6-4-3-5-7-9/h3-7,10H,8H2,1-2H3. The first-order valence-electron chi connectivity index (χ1n) is 5.01. The summed E-state index contributed by atoms with van der Waals surface area (Å²) in [6.07, 6.45) is 0.507. The second-order valence-corrected chi connectivity index (χ2v) is 5.48. The van der Waals surface area contributed by atoms with Crippen LogP contribution in [-0.4, -0.2) is 16.8 Å². The van der Waals surface area contributed by atoms with Gasteiger partial charge in [0.25, 0.3) is 0 Å². The third kappa shape index (κ3) is 2.34. The number of cyclic esters (lactones) is 1. The van der Waals surface area contributed by atoms with Crippen molar-refractivity contribution < 1.29 is 9.53 Å². The van der Waals surface area contributed by atoms with Gasteiger partial charge in [-0.1, -0.05) is 18.2 Å². The minimum atomic E-state index is -0.350. The zero-order valence-corrected chi connectivity index (χ0v) is 9.71. The van der Waals surface area contributed by atoms with Crippen LogP contribution in [0.2, 0.25) is 0 Å².